The number of nitrogens with zero attached hydrogens (tertiary/aromatic N) is 1. The van der Waals surface area contributed by atoms with E-state index in [4.69, 9.17) is 5.11 Å². The SMILES string of the molecule is CC1CCCCN1C(=O)O.Cl. The van der Waals surface area contributed by atoms with Gasteiger partial charge in [0.2, 0.25) is 0 Å². The molecular formula is C7H14ClNO2. The van der Waals surface area contributed by atoms with E-state index in [9.17, 15) is 4.79 Å². The molecule has 1 rings (SSSR count). The van der Waals surface area contributed by atoms with Crippen LogP contribution in [0.3, 0.4) is 0 Å². The third kappa shape index (κ3) is 2.58. The molecule has 1 unspecified atom stereocenters. The van der Waals surface area contributed by atoms with Crippen LogP contribution in [0.5, 0.6) is 0 Å². The van der Waals surface area contributed by atoms with E-state index in [1.54, 1.807) is 0 Å². The molecule has 0 aromatic carbocycles. The molecule has 4 heteroatoms. The van der Waals surface area contributed by atoms with E-state index in [-0.39, 0.29) is 18.4 Å². The van der Waals surface area contributed by atoms with Gasteiger partial charge < -0.3 is 10.0 Å². The fourth-order valence-electron chi connectivity index (χ4n) is 1.38. The van der Waals surface area contributed by atoms with Crippen LogP contribution in [-0.4, -0.2) is 28.7 Å². The molecule has 3 nitrogen and oxygen atoms in total. The average Bonchev–Trinajstić information content (AvgIpc) is 1.88. The first-order valence-electron chi connectivity index (χ1n) is 3.71. The van der Waals surface area contributed by atoms with Crippen LogP contribution in [0.2, 0.25) is 0 Å². The van der Waals surface area contributed by atoms with E-state index in [0.717, 1.165) is 19.4 Å². The maximum absolute atomic E-state index is 10.5. The minimum atomic E-state index is -0.771. The van der Waals surface area contributed by atoms with Crippen molar-refractivity contribution in [2.75, 3.05) is 6.54 Å². The maximum atomic E-state index is 10.5. The molecule has 1 fully saturated rings. The summed E-state index contributed by atoms with van der Waals surface area (Å²) in [5, 5.41) is 8.63. The molecule has 1 atom stereocenters. The van der Waals surface area contributed by atoms with E-state index >= 15 is 0 Å². The molecule has 1 aliphatic heterocycles. The second-order valence-corrected chi connectivity index (χ2v) is 2.82. The molecule has 1 N–H and O–H groups in total. The largest absolute Gasteiger partial charge is 0.465 e. The molecule has 1 saturated heterocycles. The first kappa shape index (κ1) is 10.6. The highest BCUT2D eigenvalue weighted by Crippen LogP contribution is 2.15. The second kappa shape index (κ2) is 4.44. The Hall–Kier alpha value is -0.440. The number of halogens is 1. The third-order valence-corrected chi connectivity index (χ3v) is 2.05. The van der Waals surface area contributed by atoms with Crippen molar-refractivity contribution in [1.29, 1.82) is 0 Å². The summed E-state index contributed by atoms with van der Waals surface area (Å²) in [6.45, 7) is 2.68. The van der Waals surface area contributed by atoms with E-state index in [1.165, 1.54) is 11.3 Å². The molecule has 0 radical (unpaired) electrons. The van der Waals surface area contributed by atoms with Crippen LogP contribution in [0.25, 0.3) is 0 Å². The number of piperidine rings is 1. The third-order valence-electron chi connectivity index (χ3n) is 2.05. The lowest BCUT2D eigenvalue weighted by Crippen LogP contribution is -2.40. The minimum absolute atomic E-state index is 0. The quantitative estimate of drug-likeness (QED) is 0.618. The summed E-state index contributed by atoms with van der Waals surface area (Å²) in [4.78, 5) is 12.0. The molecule has 0 saturated carbocycles. The molecule has 0 bridgehead atoms. The number of carboxylic acid groups (broad SMARTS) is 1. The van der Waals surface area contributed by atoms with Crippen molar-refractivity contribution in [1.82, 2.24) is 4.90 Å². The fraction of sp³-hybridized carbons (Fsp3) is 0.857. The van der Waals surface area contributed by atoms with Crippen molar-refractivity contribution >= 4 is 18.5 Å². The topological polar surface area (TPSA) is 40.5 Å². The molecule has 66 valence electrons. The average molecular weight is 180 g/mol. The first-order valence-corrected chi connectivity index (χ1v) is 3.71. The van der Waals surface area contributed by atoms with Gasteiger partial charge in [-0.15, -0.1) is 12.4 Å². The van der Waals surface area contributed by atoms with Crippen molar-refractivity contribution in [3.8, 4) is 0 Å². The zero-order valence-corrected chi connectivity index (χ0v) is 7.43. The number of likely N-dealkylation sites (tertiary alicyclic amines) is 1. The van der Waals surface area contributed by atoms with Crippen molar-refractivity contribution in [3.63, 3.8) is 0 Å². The summed E-state index contributed by atoms with van der Waals surface area (Å²) in [5.74, 6) is 0. The first-order chi connectivity index (χ1) is 4.72. The van der Waals surface area contributed by atoms with Crippen molar-refractivity contribution in [2.24, 2.45) is 0 Å². The van der Waals surface area contributed by atoms with Gasteiger partial charge in [0.15, 0.2) is 0 Å². The zero-order chi connectivity index (χ0) is 7.56. The molecule has 0 aliphatic carbocycles. The Balaban J connectivity index is 0.000001000. The second-order valence-electron chi connectivity index (χ2n) is 2.82. The maximum Gasteiger partial charge on any atom is 0.407 e. The fourth-order valence-corrected chi connectivity index (χ4v) is 1.38. The molecule has 0 aromatic heterocycles. The van der Waals surface area contributed by atoms with Gasteiger partial charge in [0, 0.05) is 12.6 Å². The van der Waals surface area contributed by atoms with E-state index in [0.29, 0.717) is 0 Å². The summed E-state index contributed by atoms with van der Waals surface area (Å²) in [5.41, 5.74) is 0. The molecular weight excluding hydrogens is 166 g/mol. The van der Waals surface area contributed by atoms with E-state index < -0.39 is 6.09 Å². The summed E-state index contributed by atoms with van der Waals surface area (Å²) in [6.07, 6.45) is 2.45. The molecule has 0 aromatic rings. The number of carbonyl (C=O) groups is 1. The number of hydrogen-bond acceptors (Lipinski definition) is 1. The monoisotopic (exact) mass is 179 g/mol. The van der Waals surface area contributed by atoms with Gasteiger partial charge >= 0.3 is 6.09 Å². The minimum Gasteiger partial charge on any atom is -0.465 e. The van der Waals surface area contributed by atoms with Crippen LogP contribution in [-0.2, 0) is 0 Å². The van der Waals surface area contributed by atoms with Crippen molar-refractivity contribution < 1.29 is 9.90 Å². The van der Waals surface area contributed by atoms with E-state index in [2.05, 4.69) is 0 Å². The Labute approximate surface area is 72.8 Å². The van der Waals surface area contributed by atoms with Crippen LogP contribution >= 0.6 is 12.4 Å². The van der Waals surface area contributed by atoms with Crippen LogP contribution in [0.1, 0.15) is 26.2 Å². The summed E-state index contributed by atoms with van der Waals surface area (Å²) in [7, 11) is 0. The number of amides is 1. The zero-order valence-electron chi connectivity index (χ0n) is 6.62. The highest BCUT2D eigenvalue weighted by molar-refractivity contribution is 5.85. The lowest BCUT2D eigenvalue weighted by atomic mass is 10.0. The van der Waals surface area contributed by atoms with Gasteiger partial charge in [-0.2, -0.15) is 0 Å². The van der Waals surface area contributed by atoms with Gasteiger partial charge in [-0.25, -0.2) is 4.79 Å². The normalized spacial score (nSPS) is 24.1. The number of rotatable bonds is 0. The number of hydrogen-bond donors (Lipinski definition) is 1. The van der Waals surface area contributed by atoms with Crippen molar-refractivity contribution in [2.45, 2.75) is 32.2 Å². The van der Waals surface area contributed by atoms with Gasteiger partial charge in [-0.05, 0) is 26.2 Å². The molecule has 1 amide bonds. The Morgan fingerprint density at radius 2 is 2.18 bits per heavy atom. The van der Waals surface area contributed by atoms with Gasteiger partial charge in [0.1, 0.15) is 0 Å². The molecule has 1 heterocycles. The van der Waals surface area contributed by atoms with Crippen LogP contribution in [0.15, 0.2) is 0 Å². The molecule has 11 heavy (non-hydrogen) atoms. The van der Waals surface area contributed by atoms with Gasteiger partial charge in [0.05, 0.1) is 0 Å². The van der Waals surface area contributed by atoms with Gasteiger partial charge in [-0.3, -0.25) is 0 Å². The lowest BCUT2D eigenvalue weighted by Gasteiger charge is -2.30. The van der Waals surface area contributed by atoms with Crippen molar-refractivity contribution in [3.05, 3.63) is 0 Å². The predicted octanol–water partition coefficient (Wildman–Crippen LogP) is 1.96. The van der Waals surface area contributed by atoms with Gasteiger partial charge in [0.25, 0.3) is 0 Å². The summed E-state index contributed by atoms with van der Waals surface area (Å²) < 4.78 is 0. The lowest BCUT2D eigenvalue weighted by molar-refractivity contribution is 0.112. The van der Waals surface area contributed by atoms with E-state index in [1.807, 2.05) is 6.92 Å². The van der Waals surface area contributed by atoms with Crippen LogP contribution < -0.4 is 0 Å². The van der Waals surface area contributed by atoms with Crippen LogP contribution in [0, 0.1) is 0 Å². The molecule has 0 spiro atoms. The Morgan fingerprint density at radius 1 is 1.55 bits per heavy atom. The van der Waals surface area contributed by atoms with Gasteiger partial charge in [-0.1, -0.05) is 0 Å². The molecule has 1 aliphatic rings. The predicted molar refractivity (Wildman–Crippen MR) is 45.3 cm³/mol. The summed E-state index contributed by atoms with van der Waals surface area (Å²) >= 11 is 0. The Kier molecular flexibility index (Phi) is 4.26. The summed E-state index contributed by atoms with van der Waals surface area (Å²) in [6, 6.07) is 0.228. The van der Waals surface area contributed by atoms with Crippen LogP contribution in [0.4, 0.5) is 4.79 Å². The highest BCUT2D eigenvalue weighted by Gasteiger charge is 2.21. The standard InChI is InChI=1S/C7H13NO2.ClH/c1-6-4-2-3-5-8(6)7(9)10;/h6H,2-5H2,1H3,(H,9,10);1H. The smallest absolute Gasteiger partial charge is 0.407 e. The highest BCUT2D eigenvalue weighted by atomic mass is 35.5. The Bertz CT molecular complexity index is 140. The Morgan fingerprint density at radius 3 is 2.55 bits per heavy atom.